The lowest BCUT2D eigenvalue weighted by atomic mass is 10.1. The number of rotatable bonds is 5. The fraction of sp³-hybridized carbons (Fsp3) is 0.750. The van der Waals surface area contributed by atoms with Gasteiger partial charge >= 0.3 is 0 Å². The summed E-state index contributed by atoms with van der Waals surface area (Å²) in [4.78, 5) is 15.0. The predicted molar refractivity (Wildman–Crippen MR) is 69.8 cm³/mol. The van der Waals surface area contributed by atoms with E-state index in [2.05, 4.69) is 9.59 Å². The van der Waals surface area contributed by atoms with Crippen molar-refractivity contribution in [1.29, 1.82) is 0 Å². The van der Waals surface area contributed by atoms with Crippen LogP contribution in [0.2, 0.25) is 0 Å². The molecule has 0 saturated carbocycles. The molecule has 1 fully saturated rings. The van der Waals surface area contributed by atoms with Crippen molar-refractivity contribution in [3.63, 3.8) is 0 Å². The molecule has 1 amide bonds. The van der Waals surface area contributed by atoms with E-state index in [4.69, 9.17) is 4.74 Å². The third-order valence-corrected chi connectivity index (χ3v) is 4.01. The molecule has 0 aliphatic carbocycles. The van der Waals surface area contributed by atoms with Crippen LogP contribution in [-0.4, -0.2) is 46.7 Å². The second kappa shape index (κ2) is 6.24. The van der Waals surface area contributed by atoms with Gasteiger partial charge in [0.1, 0.15) is 4.88 Å². The lowest BCUT2D eigenvalue weighted by Crippen LogP contribution is -2.35. The topological polar surface area (TPSA) is 55.3 Å². The zero-order valence-electron chi connectivity index (χ0n) is 10.9. The number of hydrogen-bond donors (Lipinski definition) is 0. The molecular formula is C12H19N3O2S. The van der Waals surface area contributed by atoms with Crippen LogP contribution in [0.15, 0.2) is 0 Å². The maximum absolute atomic E-state index is 12.4. The van der Waals surface area contributed by atoms with E-state index in [1.165, 1.54) is 11.5 Å². The largest absolute Gasteiger partial charge is 0.381 e. The fourth-order valence-electron chi connectivity index (χ4n) is 2.14. The maximum Gasteiger partial charge on any atom is 0.267 e. The molecule has 1 atom stereocenters. The summed E-state index contributed by atoms with van der Waals surface area (Å²) in [7, 11) is 0. The van der Waals surface area contributed by atoms with E-state index >= 15 is 0 Å². The normalized spacial score (nSPS) is 19.1. The van der Waals surface area contributed by atoms with Crippen LogP contribution >= 0.6 is 11.5 Å². The summed E-state index contributed by atoms with van der Waals surface area (Å²) >= 11 is 1.20. The van der Waals surface area contributed by atoms with Crippen molar-refractivity contribution in [2.45, 2.75) is 26.7 Å². The highest BCUT2D eigenvalue weighted by atomic mass is 32.1. The highest BCUT2D eigenvalue weighted by Crippen LogP contribution is 2.18. The molecule has 2 heterocycles. The highest BCUT2D eigenvalue weighted by Gasteiger charge is 2.25. The molecule has 0 unspecified atom stereocenters. The van der Waals surface area contributed by atoms with Crippen LogP contribution in [0, 0.1) is 5.92 Å². The van der Waals surface area contributed by atoms with Crippen molar-refractivity contribution >= 4 is 17.4 Å². The molecular weight excluding hydrogens is 250 g/mol. The fourth-order valence-corrected chi connectivity index (χ4v) is 2.86. The first-order valence-corrected chi connectivity index (χ1v) is 7.21. The molecule has 2 rings (SSSR count). The van der Waals surface area contributed by atoms with Gasteiger partial charge in [0.25, 0.3) is 5.91 Å². The zero-order chi connectivity index (χ0) is 13.0. The predicted octanol–water partition coefficient (Wildman–Crippen LogP) is 1.60. The summed E-state index contributed by atoms with van der Waals surface area (Å²) in [5.74, 6) is 0.538. The van der Waals surface area contributed by atoms with Crippen LogP contribution in [0.3, 0.4) is 0 Å². The Balaban J connectivity index is 2.04. The van der Waals surface area contributed by atoms with Crippen LogP contribution < -0.4 is 0 Å². The van der Waals surface area contributed by atoms with Gasteiger partial charge in [-0.3, -0.25) is 4.79 Å². The zero-order valence-corrected chi connectivity index (χ0v) is 11.7. The summed E-state index contributed by atoms with van der Waals surface area (Å²) in [6, 6.07) is 0. The van der Waals surface area contributed by atoms with Gasteiger partial charge in [0, 0.05) is 25.6 Å². The van der Waals surface area contributed by atoms with E-state index in [0.29, 0.717) is 10.8 Å². The third-order valence-electron chi connectivity index (χ3n) is 3.26. The number of hydrogen-bond acceptors (Lipinski definition) is 5. The second-order valence-corrected chi connectivity index (χ2v) is 5.23. The average Bonchev–Trinajstić information content (AvgIpc) is 3.05. The van der Waals surface area contributed by atoms with E-state index in [0.717, 1.165) is 44.8 Å². The van der Waals surface area contributed by atoms with Gasteiger partial charge in [-0.2, -0.15) is 0 Å². The minimum Gasteiger partial charge on any atom is -0.381 e. The number of amides is 1. The Morgan fingerprint density at radius 2 is 2.39 bits per heavy atom. The van der Waals surface area contributed by atoms with Crippen LogP contribution in [-0.2, 0) is 11.2 Å². The lowest BCUT2D eigenvalue weighted by molar-refractivity contribution is 0.0734. The van der Waals surface area contributed by atoms with E-state index < -0.39 is 0 Å². The first-order valence-electron chi connectivity index (χ1n) is 6.44. The lowest BCUT2D eigenvalue weighted by Gasteiger charge is -2.23. The van der Waals surface area contributed by atoms with Gasteiger partial charge < -0.3 is 9.64 Å². The van der Waals surface area contributed by atoms with Crippen LogP contribution in [0.25, 0.3) is 0 Å². The summed E-state index contributed by atoms with van der Waals surface area (Å²) in [5, 5.41) is 4.00. The molecule has 1 aliphatic heterocycles. The van der Waals surface area contributed by atoms with Gasteiger partial charge in [-0.25, -0.2) is 0 Å². The highest BCUT2D eigenvalue weighted by molar-refractivity contribution is 7.07. The molecule has 0 N–H and O–H groups in total. The molecule has 1 aromatic heterocycles. The first-order chi connectivity index (χ1) is 8.76. The third kappa shape index (κ3) is 2.87. The number of aryl methyl sites for hydroxylation is 1. The minimum absolute atomic E-state index is 0.0660. The van der Waals surface area contributed by atoms with E-state index in [1.54, 1.807) is 0 Å². The Morgan fingerprint density at radius 3 is 3.00 bits per heavy atom. The Kier molecular flexibility index (Phi) is 4.66. The molecule has 0 radical (unpaired) electrons. The average molecular weight is 269 g/mol. The Morgan fingerprint density at radius 1 is 1.56 bits per heavy atom. The van der Waals surface area contributed by atoms with E-state index in [1.807, 2.05) is 18.7 Å². The first kappa shape index (κ1) is 13.4. The van der Waals surface area contributed by atoms with Crippen LogP contribution in [0.5, 0.6) is 0 Å². The molecule has 0 bridgehead atoms. The molecule has 1 saturated heterocycles. The number of carbonyl (C=O) groups is 1. The summed E-state index contributed by atoms with van der Waals surface area (Å²) in [6.45, 7) is 7.08. The quantitative estimate of drug-likeness (QED) is 0.814. The number of nitrogens with zero attached hydrogens (tertiary/aromatic N) is 3. The van der Waals surface area contributed by atoms with Crippen molar-refractivity contribution in [2.75, 3.05) is 26.3 Å². The maximum atomic E-state index is 12.4. The Labute approximate surface area is 111 Å². The summed E-state index contributed by atoms with van der Waals surface area (Å²) in [5.41, 5.74) is 0.811. The Bertz CT molecular complexity index is 402. The van der Waals surface area contributed by atoms with Crippen LogP contribution in [0.4, 0.5) is 0 Å². The summed E-state index contributed by atoms with van der Waals surface area (Å²) in [6.07, 6.45) is 1.80. The summed E-state index contributed by atoms with van der Waals surface area (Å²) < 4.78 is 9.24. The molecule has 6 heteroatoms. The van der Waals surface area contributed by atoms with Crippen molar-refractivity contribution in [2.24, 2.45) is 5.92 Å². The monoisotopic (exact) mass is 269 g/mol. The van der Waals surface area contributed by atoms with Gasteiger partial charge in [-0.1, -0.05) is 11.4 Å². The number of carbonyl (C=O) groups excluding carboxylic acids is 1. The van der Waals surface area contributed by atoms with Gasteiger partial charge in [0.2, 0.25) is 0 Å². The van der Waals surface area contributed by atoms with Crippen molar-refractivity contribution in [3.8, 4) is 0 Å². The molecule has 0 spiro atoms. The van der Waals surface area contributed by atoms with Crippen molar-refractivity contribution in [3.05, 3.63) is 10.6 Å². The van der Waals surface area contributed by atoms with Crippen molar-refractivity contribution in [1.82, 2.24) is 14.5 Å². The minimum atomic E-state index is 0.0660. The SMILES string of the molecule is CCc1nnsc1C(=O)N(CC)C[C@@H]1CCOC1. The number of aromatic nitrogens is 2. The number of ether oxygens (including phenoxy) is 1. The molecule has 1 aromatic rings. The van der Waals surface area contributed by atoms with Crippen molar-refractivity contribution < 1.29 is 9.53 Å². The van der Waals surface area contributed by atoms with Gasteiger partial charge in [-0.05, 0) is 31.3 Å². The van der Waals surface area contributed by atoms with E-state index in [-0.39, 0.29) is 5.91 Å². The molecule has 18 heavy (non-hydrogen) atoms. The molecule has 5 nitrogen and oxygen atoms in total. The van der Waals surface area contributed by atoms with Gasteiger partial charge in [0.05, 0.1) is 12.3 Å². The molecule has 0 aromatic carbocycles. The van der Waals surface area contributed by atoms with E-state index in [9.17, 15) is 4.79 Å². The second-order valence-electron chi connectivity index (χ2n) is 4.48. The Hall–Kier alpha value is -1.01. The van der Waals surface area contributed by atoms with Crippen LogP contribution in [0.1, 0.15) is 35.6 Å². The molecule has 100 valence electrons. The van der Waals surface area contributed by atoms with Gasteiger partial charge in [-0.15, -0.1) is 5.10 Å². The molecule has 1 aliphatic rings. The smallest absolute Gasteiger partial charge is 0.267 e. The van der Waals surface area contributed by atoms with Gasteiger partial charge in [0.15, 0.2) is 0 Å². The standard InChI is InChI=1S/C12H19N3O2S/c1-3-10-11(18-14-13-10)12(16)15(4-2)7-9-5-6-17-8-9/h9H,3-8H2,1-2H3/t9-/m0/s1.